The lowest BCUT2D eigenvalue weighted by Crippen LogP contribution is -2.56. The fourth-order valence-electron chi connectivity index (χ4n) is 12.7. The highest BCUT2D eigenvalue weighted by Crippen LogP contribution is 2.33. The minimum absolute atomic E-state index is 0.0112. The molecule has 4 saturated carbocycles. The largest absolute Gasteiger partial charge is 0.396 e. The molecular weight excluding hydrogens is 969 g/mol. The van der Waals surface area contributed by atoms with Crippen molar-refractivity contribution in [3.8, 4) is 0 Å². The second-order valence-electron chi connectivity index (χ2n) is 22.5. The van der Waals surface area contributed by atoms with Crippen LogP contribution in [0.1, 0.15) is 127 Å². The highest BCUT2D eigenvalue weighted by molar-refractivity contribution is 5.92. The van der Waals surface area contributed by atoms with E-state index >= 15 is 0 Å². The normalized spacial score (nSPS) is 31.6. The van der Waals surface area contributed by atoms with Gasteiger partial charge in [-0.1, -0.05) is 86.3 Å². The van der Waals surface area contributed by atoms with Gasteiger partial charge in [0.2, 0.25) is 47.3 Å². The quantitative estimate of drug-likeness (QED) is 0.226. The number of nitrogens with zero attached hydrogens (tertiary/aromatic N) is 4. The average Bonchev–Trinajstić information content (AvgIpc) is 3.45. The first-order valence-electron chi connectivity index (χ1n) is 28.1. The summed E-state index contributed by atoms with van der Waals surface area (Å²) in [6, 6.07) is 13.6. The standard InChI is InChI=1S/C58H84N8O10/c1-63-43-23-13-21-41(35-43)53(71)61-49(31-37-15-7-5-8-16-37)57(75)66(4)46-26-12-20-40(34-46)52(70)60-48(28-30-68)56(74)64(2)44-24-14-22-42(36-44)54(72)62-50(32-38-17-9-6-10-18-38)58(76)65(3)45-25-11-19-39(33-45)51(69)59-47(27-29-67)55(63)73/h5-10,15-18,39-50,67-68H,11-14,19-36H2,1-4H3,(H,59,69)(H,60,70)(H,61,71)(H,62,72)/t39-,40-,41-,42-,43+,44+,45+,46+,47-,48-,49-,50-/m1/s1. The van der Waals surface area contributed by atoms with Crippen molar-refractivity contribution in [2.24, 2.45) is 23.7 Å². The Morgan fingerprint density at radius 2 is 0.632 bits per heavy atom. The van der Waals surface area contributed by atoms with Crippen molar-refractivity contribution >= 4 is 47.3 Å². The first-order chi connectivity index (χ1) is 36.6. The average molecular weight is 1050 g/mol. The Hall–Kier alpha value is -5.88. The molecule has 0 spiro atoms. The smallest absolute Gasteiger partial charge is 0.245 e. The molecule has 8 bridgehead atoms. The lowest BCUT2D eigenvalue weighted by atomic mass is 9.83. The highest BCUT2D eigenvalue weighted by atomic mass is 16.3. The molecule has 0 unspecified atom stereocenters. The molecule has 18 nitrogen and oxygen atoms in total. The van der Waals surface area contributed by atoms with Crippen molar-refractivity contribution in [3.63, 3.8) is 0 Å². The molecule has 1 saturated heterocycles. The van der Waals surface area contributed by atoms with E-state index in [1.165, 1.54) is 0 Å². The number of nitrogens with one attached hydrogen (secondary N) is 4. The Balaban J connectivity index is 1.16. The van der Waals surface area contributed by atoms with Gasteiger partial charge in [0.15, 0.2) is 0 Å². The number of aliphatic hydroxyl groups excluding tert-OH is 2. The molecule has 416 valence electrons. The van der Waals surface area contributed by atoms with Crippen LogP contribution in [-0.2, 0) is 51.2 Å². The molecule has 5 aliphatic rings. The first kappa shape index (κ1) is 57.8. The lowest BCUT2D eigenvalue weighted by Gasteiger charge is -2.39. The second-order valence-corrected chi connectivity index (χ2v) is 22.5. The van der Waals surface area contributed by atoms with Gasteiger partial charge in [-0.25, -0.2) is 0 Å². The van der Waals surface area contributed by atoms with Crippen LogP contribution in [0.15, 0.2) is 60.7 Å². The van der Waals surface area contributed by atoms with Crippen molar-refractivity contribution in [3.05, 3.63) is 71.8 Å². The number of likely N-dealkylation sites (N-methyl/N-ethyl adjacent to an activating group) is 4. The van der Waals surface area contributed by atoms with Crippen molar-refractivity contribution in [1.29, 1.82) is 0 Å². The van der Waals surface area contributed by atoms with Gasteiger partial charge in [0.05, 0.1) is 0 Å². The Labute approximate surface area is 448 Å². The molecule has 76 heavy (non-hydrogen) atoms. The number of carbonyl (C=O) groups excluding carboxylic acids is 8. The van der Waals surface area contributed by atoms with E-state index in [2.05, 4.69) is 21.3 Å². The van der Waals surface area contributed by atoms with Gasteiger partial charge in [0.25, 0.3) is 0 Å². The Morgan fingerprint density at radius 1 is 0.382 bits per heavy atom. The predicted molar refractivity (Wildman–Crippen MR) is 285 cm³/mol. The summed E-state index contributed by atoms with van der Waals surface area (Å²) >= 11 is 0. The highest BCUT2D eigenvalue weighted by Gasteiger charge is 2.42. The molecule has 8 amide bonds. The lowest BCUT2D eigenvalue weighted by molar-refractivity contribution is -0.143. The molecule has 0 aromatic heterocycles. The molecule has 2 aromatic carbocycles. The van der Waals surface area contributed by atoms with Gasteiger partial charge in [0.1, 0.15) is 24.2 Å². The van der Waals surface area contributed by atoms with Crippen LogP contribution in [0.2, 0.25) is 0 Å². The maximum atomic E-state index is 14.6. The Morgan fingerprint density at radius 3 is 0.895 bits per heavy atom. The van der Waals surface area contributed by atoms with E-state index in [-0.39, 0.29) is 110 Å². The van der Waals surface area contributed by atoms with Gasteiger partial charge in [-0.05, 0) is 101 Å². The Bertz CT molecular complexity index is 2160. The van der Waals surface area contributed by atoms with Crippen LogP contribution < -0.4 is 21.3 Å². The van der Waals surface area contributed by atoms with Crippen molar-refractivity contribution in [2.45, 2.75) is 177 Å². The number of aliphatic hydroxyl groups is 2. The van der Waals surface area contributed by atoms with E-state index in [1.807, 2.05) is 60.7 Å². The molecule has 0 radical (unpaired) electrons. The number of hydrogen-bond donors (Lipinski definition) is 6. The topological polar surface area (TPSA) is 238 Å². The predicted octanol–water partition coefficient (Wildman–Crippen LogP) is 3.26. The summed E-state index contributed by atoms with van der Waals surface area (Å²) < 4.78 is 0. The molecule has 5 fully saturated rings. The third-order valence-electron chi connectivity index (χ3n) is 17.5. The summed E-state index contributed by atoms with van der Waals surface area (Å²) in [7, 11) is 6.75. The van der Waals surface area contributed by atoms with Crippen molar-refractivity contribution < 1.29 is 48.6 Å². The monoisotopic (exact) mass is 1050 g/mol. The molecule has 4 aliphatic carbocycles. The van der Waals surface area contributed by atoms with Gasteiger partial charge >= 0.3 is 0 Å². The van der Waals surface area contributed by atoms with Crippen LogP contribution in [0.5, 0.6) is 0 Å². The molecule has 1 aliphatic heterocycles. The zero-order valence-corrected chi connectivity index (χ0v) is 45.2. The minimum Gasteiger partial charge on any atom is -0.396 e. The zero-order chi connectivity index (χ0) is 54.5. The van der Waals surface area contributed by atoms with E-state index in [9.17, 15) is 48.6 Å². The van der Waals surface area contributed by atoms with Crippen molar-refractivity contribution in [2.75, 3.05) is 41.4 Å². The van der Waals surface area contributed by atoms with Crippen LogP contribution in [0.4, 0.5) is 0 Å². The van der Waals surface area contributed by atoms with Gasteiger partial charge in [-0.15, -0.1) is 0 Å². The van der Waals surface area contributed by atoms with Crippen LogP contribution in [-0.4, -0.2) is 167 Å². The minimum atomic E-state index is -1.02. The van der Waals surface area contributed by atoms with E-state index < -0.39 is 47.8 Å². The van der Waals surface area contributed by atoms with Crippen LogP contribution >= 0.6 is 0 Å². The van der Waals surface area contributed by atoms with Crippen LogP contribution in [0.25, 0.3) is 0 Å². The van der Waals surface area contributed by atoms with E-state index in [1.54, 1.807) is 47.8 Å². The number of rotatable bonds is 8. The summed E-state index contributed by atoms with van der Waals surface area (Å²) in [5, 5.41) is 32.4. The van der Waals surface area contributed by atoms with Crippen molar-refractivity contribution in [1.82, 2.24) is 40.9 Å². The van der Waals surface area contributed by atoms with Crippen LogP contribution in [0, 0.1) is 23.7 Å². The maximum absolute atomic E-state index is 14.6. The van der Waals surface area contributed by atoms with Gasteiger partial charge in [-0.2, -0.15) is 0 Å². The number of fused-ring (bicyclic) bond motifs is 8. The van der Waals surface area contributed by atoms with E-state index in [0.717, 1.165) is 11.1 Å². The van der Waals surface area contributed by atoms with Gasteiger partial charge < -0.3 is 51.1 Å². The summed E-state index contributed by atoms with van der Waals surface area (Å²) in [5.41, 5.74) is 1.71. The molecule has 18 heteroatoms. The molecule has 12 atom stereocenters. The molecule has 6 N–H and O–H groups in total. The Kier molecular flexibility index (Phi) is 20.9. The van der Waals surface area contributed by atoms with Gasteiger partial charge in [0, 0.05) is 102 Å². The summed E-state index contributed by atoms with van der Waals surface area (Å²) in [6.07, 6.45) is 9.09. The summed E-state index contributed by atoms with van der Waals surface area (Å²) in [5.74, 6) is -4.67. The molecule has 1 heterocycles. The van der Waals surface area contributed by atoms with Crippen LogP contribution in [0.3, 0.4) is 0 Å². The third-order valence-corrected chi connectivity index (χ3v) is 17.5. The number of hydrogen-bond acceptors (Lipinski definition) is 10. The third kappa shape index (κ3) is 14.8. The second kappa shape index (κ2) is 27.4. The fourth-order valence-corrected chi connectivity index (χ4v) is 12.7. The first-order valence-corrected chi connectivity index (χ1v) is 28.1. The zero-order valence-electron chi connectivity index (χ0n) is 45.2. The van der Waals surface area contributed by atoms with Gasteiger partial charge in [-0.3, -0.25) is 38.4 Å². The number of benzene rings is 2. The molecular formula is C58H84N8O10. The summed E-state index contributed by atoms with van der Waals surface area (Å²) in [6.45, 7) is -0.693. The number of amides is 8. The number of carbonyl (C=O) groups is 8. The SMILES string of the molecule is CN1C(=O)[C@@H](CCO)NC(=O)[C@@H]2CCC[C@@H](C2)N(C)C(=O)[C@@H](Cc2ccccc2)NC(=O)[C@@H]2CCC[C@@H](C2)N(C)C(=O)[C@@H](CCO)NC(=O)[C@@H]2CCC[C@@H](C2)N(C)C(=O)[C@@H](Cc2ccccc2)NC(=O)[C@@H]2CCC[C@H]1C2. The summed E-state index contributed by atoms with van der Waals surface area (Å²) in [4.78, 5) is 121. The molecule has 2 aromatic rings. The fraction of sp³-hybridized carbons (Fsp3) is 0.655. The van der Waals surface area contributed by atoms with E-state index in [0.29, 0.717) is 103 Å². The maximum Gasteiger partial charge on any atom is 0.245 e. The molecule has 7 rings (SSSR count). The van der Waals surface area contributed by atoms with E-state index in [4.69, 9.17) is 0 Å².